The third-order valence-electron chi connectivity index (χ3n) is 3.50. The number of nitrogens with one attached hydrogen (secondary N) is 1. The van der Waals surface area contributed by atoms with Gasteiger partial charge in [-0.05, 0) is 25.1 Å². The van der Waals surface area contributed by atoms with E-state index in [1.54, 1.807) is 23.9 Å². The van der Waals surface area contributed by atoms with Gasteiger partial charge in [0.1, 0.15) is 0 Å². The Morgan fingerprint density at radius 1 is 1.38 bits per heavy atom. The van der Waals surface area contributed by atoms with E-state index in [9.17, 15) is 13.2 Å². The van der Waals surface area contributed by atoms with E-state index < -0.39 is 9.84 Å². The quantitative estimate of drug-likeness (QED) is 0.763. The van der Waals surface area contributed by atoms with Gasteiger partial charge in [-0.15, -0.1) is 0 Å². The summed E-state index contributed by atoms with van der Waals surface area (Å²) in [5.41, 5.74) is 2.32. The molecule has 1 N–H and O–H groups in total. The number of amides is 1. The molecule has 2 heterocycles. The first-order valence-corrected chi connectivity index (χ1v) is 9.83. The van der Waals surface area contributed by atoms with Crippen LogP contribution in [0.25, 0.3) is 10.2 Å². The number of sulfone groups is 1. The van der Waals surface area contributed by atoms with Gasteiger partial charge in [-0.2, -0.15) is 5.10 Å². The number of benzene rings is 1. The van der Waals surface area contributed by atoms with E-state index >= 15 is 0 Å². The smallest absolute Gasteiger partial charge is 0.230 e. The Bertz CT molecular complexity index is 1030. The third kappa shape index (κ3) is 3.46. The summed E-state index contributed by atoms with van der Waals surface area (Å²) in [5.74, 6) is -0.187. The highest BCUT2D eigenvalue weighted by Crippen LogP contribution is 2.28. The maximum atomic E-state index is 12.2. The molecule has 3 rings (SSSR count). The monoisotopic (exact) mass is 364 g/mol. The number of rotatable bonds is 4. The van der Waals surface area contributed by atoms with Crippen molar-refractivity contribution in [3.8, 4) is 0 Å². The fraction of sp³-hybridized carbons (Fsp3) is 0.267. The van der Waals surface area contributed by atoms with Crippen LogP contribution in [0.5, 0.6) is 0 Å². The normalized spacial score (nSPS) is 11.8. The van der Waals surface area contributed by atoms with E-state index in [0.717, 1.165) is 17.5 Å². The summed E-state index contributed by atoms with van der Waals surface area (Å²) in [7, 11) is -1.46. The number of hydrogen-bond donors (Lipinski definition) is 1. The first-order chi connectivity index (χ1) is 11.2. The van der Waals surface area contributed by atoms with Gasteiger partial charge in [0.05, 0.1) is 27.2 Å². The Morgan fingerprint density at radius 3 is 2.75 bits per heavy atom. The average molecular weight is 364 g/mol. The third-order valence-corrected chi connectivity index (χ3v) is 5.54. The van der Waals surface area contributed by atoms with Crippen molar-refractivity contribution in [3.05, 3.63) is 35.7 Å². The van der Waals surface area contributed by atoms with Crippen LogP contribution in [0.2, 0.25) is 0 Å². The van der Waals surface area contributed by atoms with Gasteiger partial charge in [0.25, 0.3) is 0 Å². The van der Waals surface area contributed by atoms with Crippen molar-refractivity contribution in [1.29, 1.82) is 0 Å². The molecule has 0 aliphatic rings. The average Bonchev–Trinajstić information content (AvgIpc) is 2.99. The van der Waals surface area contributed by atoms with Crippen LogP contribution in [0, 0.1) is 6.92 Å². The summed E-state index contributed by atoms with van der Waals surface area (Å²) >= 11 is 1.25. The molecule has 0 saturated carbocycles. The van der Waals surface area contributed by atoms with Crippen LogP contribution in [-0.4, -0.2) is 35.3 Å². The van der Waals surface area contributed by atoms with E-state index in [2.05, 4.69) is 15.4 Å². The summed E-state index contributed by atoms with van der Waals surface area (Å²) < 4.78 is 25.6. The molecule has 24 heavy (non-hydrogen) atoms. The molecule has 9 heteroatoms. The highest BCUT2D eigenvalue weighted by molar-refractivity contribution is 7.90. The lowest BCUT2D eigenvalue weighted by Crippen LogP contribution is -2.14. The van der Waals surface area contributed by atoms with Crippen molar-refractivity contribution in [2.24, 2.45) is 7.05 Å². The minimum Gasteiger partial charge on any atom is -0.302 e. The van der Waals surface area contributed by atoms with Crippen molar-refractivity contribution in [2.45, 2.75) is 18.2 Å². The number of anilines is 1. The van der Waals surface area contributed by atoms with Crippen LogP contribution >= 0.6 is 11.3 Å². The summed E-state index contributed by atoms with van der Waals surface area (Å²) in [6, 6.07) is 4.73. The first kappa shape index (κ1) is 16.6. The van der Waals surface area contributed by atoms with Crippen molar-refractivity contribution >= 4 is 42.4 Å². The minimum absolute atomic E-state index is 0.187. The van der Waals surface area contributed by atoms with Crippen molar-refractivity contribution < 1.29 is 13.2 Å². The second-order valence-electron chi connectivity index (χ2n) is 5.56. The number of aryl methyl sites for hydroxylation is 2. The molecule has 0 aliphatic carbocycles. The zero-order valence-electron chi connectivity index (χ0n) is 13.4. The van der Waals surface area contributed by atoms with Crippen LogP contribution in [0.15, 0.2) is 29.3 Å². The molecule has 0 fully saturated rings. The van der Waals surface area contributed by atoms with Gasteiger partial charge in [-0.1, -0.05) is 11.3 Å². The SMILES string of the molecule is Cc1nn(C)cc1CC(=O)Nc1nc2ccc(S(C)(=O)=O)cc2s1. The van der Waals surface area contributed by atoms with Gasteiger partial charge < -0.3 is 5.32 Å². The number of thiazole rings is 1. The van der Waals surface area contributed by atoms with Gasteiger partial charge in [0.15, 0.2) is 15.0 Å². The summed E-state index contributed by atoms with van der Waals surface area (Å²) in [6.45, 7) is 1.85. The van der Waals surface area contributed by atoms with E-state index in [0.29, 0.717) is 15.3 Å². The molecule has 1 aromatic carbocycles. The van der Waals surface area contributed by atoms with Crippen LogP contribution in [0.4, 0.5) is 5.13 Å². The second-order valence-corrected chi connectivity index (χ2v) is 8.61. The number of fused-ring (bicyclic) bond motifs is 1. The minimum atomic E-state index is -3.27. The maximum Gasteiger partial charge on any atom is 0.230 e. The predicted molar refractivity (Wildman–Crippen MR) is 93.0 cm³/mol. The molecule has 0 aliphatic heterocycles. The molecule has 0 atom stereocenters. The molecule has 0 saturated heterocycles. The topological polar surface area (TPSA) is 93.9 Å². The van der Waals surface area contributed by atoms with Gasteiger partial charge in [0.2, 0.25) is 5.91 Å². The highest BCUT2D eigenvalue weighted by Gasteiger charge is 2.13. The summed E-state index contributed by atoms with van der Waals surface area (Å²) in [6.07, 6.45) is 3.18. The molecule has 126 valence electrons. The van der Waals surface area contributed by atoms with Crippen molar-refractivity contribution in [1.82, 2.24) is 14.8 Å². The molecule has 2 aromatic heterocycles. The molecule has 7 nitrogen and oxygen atoms in total. The molecule has 3 aromatic rings. The van der Waals surface area contributed by atoms with Crippen LogP contribution in [-0.2, 0) is 28.1 Å². The van der Waals surface area contributed by atoms with Gasteiger partial charge in [-0.25, -0.2) is 13.4 Å². The van der Waals surface area contributed by atoms with Gasteiger partial charge in [0, 0.05) is 25.1 Å². The molecule has 0 unspecified atom stereocenters. The lowest BCUT2D eigenvalue weighted by molar-refractivity contribution is -0.115. The molecule has 0 spiro atoms. The van der Waals surface area contributed by atoms with Crippen molar-refractivity contribution in [3.63, 3.8) is 0 Å². The van der Waals surface area contributed by atoms with E-state index in [1.807, 2.05) is 13.1 Å². The summed E-state index contributed by atoms with van der Waals surface area (Å²) in [4.78, 5) is 16.7. The molecular formula is C15H16N4O3S2. The lowest BCUT2D eigenvalue weighted by atomic mass is 10.2. The number of carbonyl (C=O) groups is 1. The largest absolute Gasteiger partial charge is 0.302 e. The zero-order valence-corrected chi connectivity index (χ0v) is 15.0. The zero-order chi connectivity index (χ0) is 17.5. The fourth-order valence-electron chi connectivity index (χ4n) is 2.35. The van der Waals surface area contributed by atoms with E-state index in [-0.39, 0.29) is 17.2 Å². The lowest BCUT2D eigenvalue weighted by Gasteiger charge is -2.00. The van der Waals surface area contributed by atoms with Crippen LogP contribution in [0.3, 0.4) is 0 Å². The summed E-state index contributed by atoms with van der Waals surface area (Å²) in [5, 5.41) is 7.41. The van der Waals surface area contributed by atoms with Crippen LogP contribution < -0.4 is 5.32 Å². The Morgan fingerprint density at radius 2 is 2.12 bits per heavy atom. The van der Waals surface area contributed by atoms with E-state index in [4.69, 9.17) is 0 Å². The fourth-order valence-corrected chi connectivity index (χ4v) is 3.99. The van der Waals surface area contributed by atoms with Crippen LogP contribution in [0.1, 0.15) is 11.3 Å². The molecular weight excluding hydrogens is 348 g/mol. The van der Waals surface area contributed by atoms with Crippen molar-refractivity contribution in [2.75, 3.05) is 11.6 Å². The first-order valence-electron chi connectivity index (χ1n) is 7.12. The maximum absolute atomic E-state index is 12.2. The standard InChI is InChI=1S/C15H16N4O3S2/c1-9-10(8-19(2)18-9)6-14(20)17-15-16-12-5-4-11(24(3,21)22)7-13(12)23-15/h4-5,7-8H,6H2,1-3H3,(H,16,17,20). The highest BCUT2D eigenvalue weighted by atomic mass is 32.2. The van der Waals surface area contributed by atoms with Gasteiger partial charge >= 0.3 is 0 Å². The van der Waals surface area contributed by atoms with Gasteiger partial charge in [-0.3, -0.25) is 9.48 Å². The number of aromatic nitrogens is 3. The Kier molecular flexibility index (Phi) is 4.14. The Hall–Kier alpha value is -2.26. The second kappa shape index (κ2) is 5.99. The Balaban J connectivity index is 1.80. The van der Waals surface area contributed by atoms with E-state index in [1.165, 1.54) is 17.4 Å². The molecule has 1 amide bonds. The number of hydrogen-bond acceptors (Lipinski definition) is 6. The number of nitrogens with zero attached hydrogens (tertiary/aromatic N) is 3. The number of carbonyl (C=O) groups excluding carboxylic acids is 1. The predicted octanol–water partition coefficient (Wildman–Crippen LogP) is 1.92. The molecule has 0 bridgehead atoms. The Labute approximate surface area is 143 Å². The molecule has 0 radical (unpaired) electrons.